The fraction of sp³-hybridized carbons (Fsp3) is 0.208. The zero-order valence-corrected chi connectivity index (χ0v) is 17.2. The fourth-order valence-electron chi connectivity index (χ4n) is 3.56. The van der Waals surface area contributed by atoms with Crippen molar-refractivity contribution in [1.82, 2.24) is 5.43 Å². The molecule has 1 aliphatic carbocycles. The first-order valence-electron chi connectivity index (χ1n) is 9.97. The smallest absolute Gasteiger partial charge is 0.379 e. The maximum atomic E-state index is 13.8. The number of hydrogen-bond acceptors (Lipinski definition) is 5. The number of aryl methyl sites for hydroxylation is 2. The van der Waals surface area contributed by atoms with Crippen LogP contribution in [0, 0.1) is 19.7 Å². The summed E-state index contributed by atoms with van der Waals surface area (Å²) in [6, 6.07) is 12.8. The number of nitrogens with zero attached hydrogens (tertiary/aromatic N) is 1. The summed E-state index contributed by atoms with van der Waals surface area (Å²) >= 11 is 0. The fourth-order valence-corrected chi connectivity index (χ4v) is 3.56. The largest absolute Gasteiger partial charge is 0.453 e. The number of amides is 1. The van der Waals surface area contributed by atoms with E-state index in [2.05, 4.69) is 10.5 Å². The van der Waals surface area contributed by atoms with Gasteiger partial charge in [-0.25, -0.2) is 14.6 Å². The molecule has 1 aliphatic rings. The Balaban J connectivity index is 1.57. The van der Waals surface area contributed by atoms with E-state index >= 15 is 0 Å². The van der Waals surface area contributed by atoms with Gasteiger partial charge in [-0.15, -0.1) is 0 Å². The van der Waals surface area contributed by atoms with Crippen molar-refractivity contribution in [3.05, 3.63) is 88.1 Å². The normalized spacial score (nSPS) is 14.2. The number of furan rings is 1. The van der Waals surface area contributed by atoms with Crippen LogP contribution in [0.2, 0.25) is 0 Å². The van der Waals surface area contributed by atoms with E-state index in [0.29, 0.717) is 41.2 Å². The zero-order valence-electron chi connectivity index (χ0n) is 17.2. The summed E-state index contributed by atoms with van der Waals surface area (Å²) in [5.41, 5.74) is 5.26. The third-order valence-corrected chi connectivity index (χ3v) is 5.15. The monoisotopic (exact) mass is 420 g/mol. The van der Waals surface area contributed by atoms with Crippen LogP contribution in [0.15, 0.2) is 58.0 Å². The van der Waals surface area contributed by atoms with Crippen LogP contribution in [0.25, 0.3) is 0 Å². The molecular weight excluding hydrogens is 399 g/mol. The number of esters is 1. The minimum absolute atomic E-state index is 0.0887. The quantitative estimate of drug-likeness (QED) is 0.376. The van der Waals surface area contributed by atoms with E-state index in [9.17, 15) is 14.0 Å². The standard InChI is InChI=1S/C24H21FN2O4/c1-14-10-12-16(13-11-14)30-24(29)22-15(2)21-19(8-5-9-20(21)31-22)26-27-23(28)17-6-3-4-7-18(17)25/h3-4,6-7,10-13H,5,8-9H2,1-2H3,(H,27,28)/b26-19+. The lowest BCUT2D eigenvalue weighted by Gasteiger charge is -2.13. The molecule has 0 saturated carbocycles. The van der Waals surface area contributed by atoms with Gasteiger partial charge in [0, 0.05) is 17.5 Å². The molecule has 0 bridgehead atoms. The molecule has 158 valence electrons. The molecule has 31 heavy (non-hydrogen) atoms. The maximum absolute atomic E-state index is 13.8. The predicted octanol–water partition coefficient (Wildman–Crippen LogP) is 4.73. The number of benzene rings is 2. The molecule has 0 aliphatic heterocycles. The lowest BCUT2D eigenvalue weighted by atomic mass is 9.93. The number of carbonyl (C=O) groups is 2. The van der Waals surface area contributed by atoms with Gasteiger partial charge in [-0.3, -0.25) is 4.79 Å². The van der Waals surface area contributed by atoms with Gasteiger partial charge in [-0.2, -0.15) is 5.10 Å². The Hall–Kier alpha value is -3.74. The van der Waals surface area contributed by atoms with E-state index in [1.165, 1.54) is 18.2 Å². The third-order valence-electron chi connectivity index (χ3n) is 5.15. The average Bonchev–Trinajstić information content (AvgIpc) is 3.11. The number of nitrogens with one attached hydrogen (secondary N) is 1. The van der Waals surface area contributed by atoms with Crippen molar-refractivity contribution in [2.45, 2.75) is 33.1 Å². The van der Waals surface area contributed by atoms with Gasteiger partial charge in [0.1, 0.15) is 17.3 Å². The van der Waals surface area contributed by atoms with E-state index in [1.807, 2.05) is 19.1 Å². The topological polar surface area (TPSA) is 80.9 Å². The number of halogens is 1. The molecule has 0 spiro atoms. The first kappa shape index (κ1) is 20.5. The number of ether oxygens (including phenoxy) is 1. The molecule has 0 radical (unpaired) electrons. The van der Waals surface area contributed by atoms with Gasteiger partial charge in [0.2, 0.25) is 5.76 Å². The highest BCUT2D eigenvalue weighted by molar-refractivity contribution is 6.06. The van der Waals surface area contributed by atoms with Crippen LogP contribution in [0.1, 0.15) is 56.2 Å². The molecule has 1 heterocycles. The van der Waals surface area contributed by atoms with E-state index in [-0.39, 0.29) is 11.3 Å². The Bertz CT molecular complexity index is 1180. The summed E-state index contributed by atoms with van der Waals surface area (Å²) in [4.78, 5) is 25.0. The summed E-state index contributed by atoms with van der Waals surface area (Å²) < 4.78 is 25.1. The van der Waals surface area contributed by atoms with E-state index < -0.39 is 17.7 Å². The Morgan fingerprint density at radius 1 is 1.06 bits per heavy atom. The Labute approximate surface area is 178 Å². The van der Waals surface area contributed by atoms with E-state index in [1.54, 1.807) is 25.1 Å². The van der Waals surface area contributed by atoms with Gasteiger partial charge in [0.05, 0.1) is 11.3 Å². The highest BCUT2D eigenvalue weighted by Gasteiger charge is 2.29. The summed E-state index contributed by atoms with van der Waals surface area (Å²) in [6.07, 6.45) is 1.99. The molecule has 4 rings (SSSR count). The second kappa shape index (κ2) is 8.55. The van der Waals surface area contributed by atoms with Crippen molar-refractivity contribution < 1.29 is 23.1 Å². The molecule has 3 aromatic rings. The number of hydrazone groups is 1. The highest BCUT2D eigenvalue weighted by Crippen LogP contribution is 2.30. The summed E-state index contributed by atoms with van der Waals surface area (Å²) in [5.74, 6) is -0.692. The summed E-state index contributed by atoms with van der Waals surface area (Å²) in [5, 5.41) is 4.21. The van der Waals surface area contributed by atoms with Crippen LogP contribution in [0.5, 0.6) is 5.75 Å². The highest BCUT2D eigenvalue weighted by atomic mass is 19.1. The number of fused-ring (bicyclic) bond motifs is 1. The van der Waals surface area contributed by atoms with Gasteiger partial charge in [0.25, 0.3) is 5.91 Å². The van der Waals surface area contributed by atoms with Crippen molar-refractivity contribution in [2.75, 3.05) is 0 Å². The third kappa shape index (κ3) is 4.26. The minimum atomic E-state index is -0.641. The molecule has 0 unspecified atom stereocenters. The summed E-state index contributed by atoms with van der Waals surface area (Å²) in [6.45, 7) is 3.70. The van der Waals surface area contributed by atoms with Gasteiger partial charge in [-0.1, -0.05) is 29.8 Å². The van der Waals surface area contributed by atoms with Crippen LogP contribution >= 0.6 is 0 Å². The van der Waals surface area contributed by atoms with Crippen molar-refractivity contribution in [3.63, 3.8) is 0 Å². The van der Waals surface area contributed by atoms with Crippen LogP contribution in [0.3, 0.4) is 0 Å². The van der Waals surface area contributed by atoms with Crippen molar-refractivity contribution in [2.24, 2.45) is 5.10 Å². The second-order valence-corrected chi connectivity index (χ2v) is 7.39. The second-order valence-electron chi connectivity index (χ2n) is 7.39. The van der Waals surface area contributed by atoms with E-state index in [0.717, 1.165) is 12.0 Å². The molecule has 1 N–H and O–H groups in total. The molecule has 0 saturated heterocycles. The lowest BCUT2D eigenvalue weighted by molar-refractivity contribution is 0.0698. The van der Waals surface area contributed by atoms with Gasteiger partial charge in [0.15, 0.2) is 0 Å². The number of rotatable bonds is 4. The lowest BCUT2D eigenvalue weighted by Crippen LogP contribution is -2.23. The average molecular weight is 420 g/mol. The van der Waals surface area contributed by atoms with Gasteiger partial charge >= 0.3 is 5.97 Å². The van der Waals surface area contributed by atoms with Crippen LogP contribution in [-0.2, 0) is 6.42 Å². The maximum Gasteiger partial charge on any atom is 0.379 e. The predicted molar refractivity (Wildman–Crippen MR) is 113 cm³/mol. The van der Waals surface area contributed by atoms with Crippen LogP contribution in [0.4, 0.5) is 4.39 Å². The van der Waals surface area contributed by atoms with Gasteiger partial charge < -0.3 is 9.15 Å². The van der Waals surface area contributed by atoms with Crippen molar-refractivity contribution in [3.8, 4) is 5.75 Å². The SMILES string of the molecule is Cc1ccc(OC(=O)c2oc3c(c2C)/C(=N/NC(=O)c2ccccc2F)CCC3)cc1. The molecule has 0 fully saturated rings. The zero-order chi connectivity index (χ0) is 22.0. The molecule has 7 heteroatoms. The van der Waals surface area contributed by atoms with Gasteiger partial charge in [-0.05, 0) is 51.0 Å². The van der Waals surface area contributed by atoms with Crippen molar-refractivity contribution in [1.29, 1.82) is 0 Å². The number of hydrogen-bond donors (Lipinski definition) is 1. The summed E-state index contributed by atoms with van der Waals surface area (Å²) in [7, 11) is 0. The Kier molecular flexibility index (Phi) is 5.66. The molecule has 1 aromatic heterocycles. The Morgan fingerprint density at radius 3 is 2.55 bits per heavy atom. The van der Waals surface area contributed by atoms with Crippen LogP contribution < -0.4 is 10.2 Å². The first-order chi connectivity index (χ1) is 14.9. The molecule has 6 nitrogen and oxygen atoms in total. The molecular formula is C24H21FN2O4. The number of carbonyl (C=O) groups excluding carboxylic acids is 2. The minimum Gasteiger partial charge on any atom is -0.453 e. The van der Waals surface area contributed by atoms with Crippen LogP contribution in [-0.4, -0.2) is 17.6 Å². The molecule has 1 amide bonds. The first-order valence-corrected chi connectivity index (χ1v) is 9.97. The van der Waals surface area contributed by atoms with E-state index in [4.69, 9.17) is 9.15 Å². The Morgan fingerprint density at radius 2 is 1.81 bits per heavy atom. The molecule has 0 atom stereocenters. The van der Waals surface area contributed by atoms with Crippen molar-refractivity contribution >= 4 is 17.6 Å². The molecule has 2 aromatic carbocycles.